The maximum atomic E-state index is 13.1. The molecule has 0 amide bonds. The van der Waals surface area contributed by atoms with Gasteiger partial charge in [0.1, 0.15) is 16.5 Å². The Kier molecular flexibility index (Phi) is 3.70. The van der Waals surface area contributed by atoms with Gasteiger partial charge in [-0.15, -0.1) is 11.3 Å². The van der Waals surface area contributed by atoms with Crippen LogP contribution in [0.4, 0.5) is 15.9 Å². The Morgan fingerprint density at radius 3 is 2.83 bits per heavy atom. The topological polar surface area (TPSA) is 37.8 Å². The third kappa shape index (κ3) is 2.79. The highest BCUT2D eigenvalue weighted by atomic mass is 35.5. The number of anilines is 2. The van der Waals surface area contributed by atoms with Gasteiger partial charge in [-0.2, -0.15) is 4.98 Å². The minimum absolute atomic E-state index is 0.230. The Morgan fingerprint density at radius 1 is 1.26 bits per heavy atom. The summed E-state index contributed by atoms with van der Waals surface area (Å²) in [4.78, 5) is 11.1. The van der Waals surface area contributed by atoms with Crippen molar-refractivity contribution in [3.8, 4) is 0 Å². The molecule has 6 heteroatoms. The van der Waals surface area contributed by atoms with Gasteiger partial charge in [0.2, 0.25) is 5.28 Å². The number of benzene rings is 1. The lowest BCUT2D eigenvalue weighted by Crippen LogP contribution is -2.09. The van der Waals surface area contributed by atoms with Gasteiger partial charge in [-0.05, 0) is 66.6 Å². The van der Waals surface area contributed by atoms with Crippen molar-refractivity contribution < 1.29 is 4.39 Å². The molecule has 2 aromatic heterocycles. The smallest absolute Gasteiger partial charge is 0.225 e. The van der Waals surface area contributed by atoms with Gasteiger partial charge >= 0.3 is 0 Å². The van der Waals surface area contributed by atoms with E-state index in [1.54, 1.807) is 23.5 Å². The SMILES string of the molecule is CC1CCc2c(sc3nc(Cl)nc(Nc4ccc(F)cc4)c23)C1. The van der Waals surface area contributed by atoms with E-state index in [0.717, 1.165) is 28.7 Å². The average Bonchev–Trinajstić information content (AvgIpc) is 2.86. The summed E-state index contributed by atoms with van der Waals surface area (Å²) >= 11 is 7.80. The lowest BCUT2D eigenvalue weighted by atomic mass is 9.89. The summed E-state index contributed by atoms with van der Waals surface area (Å²) < 4.78 is 13.1. The zero-order valence-electron chi connectivity index (χ0n) is 12.6. The average molecular weight is 348 g/mol. The molecule has 1 aliphatic carbocycles. The molecule has 23 heavy (non-hydrogen) atoms. The third-order valence-electron chi connectivity index (χ3n) is 4.23. The molecule has 118 valence electrons. The molecular formula is C17H15ClFN3S. The fourth-order valence-electron chi connectivity index (χ4n) is 3.08. The Hall–Kier alpha value is -1.72. The van der Waals surface area contributed by atoms with E-state index in [9.17, 15) is 4.39 Å². The predicted molar refractivity (Wildman–Crippen MR) is 93.3 cm³/mol. The first kappa shape index (κ1) is 14.8. The van der Waals surface area contributed by atoms with Crippen LogP contribution in [0.1, 0.15) is 23.8 Å². The molecule has 0 fully saturated rings. The van der Waals surface area contributed by atoms with Gasteiger partial charge in [-0.3, -0.25) is 0 Å². The second kappa shape index (κ2) is 5.73. The summed E-state index contributed by atoms with van der Waals surface area (Å²) in [5.41, 5.74) is 2.12. The minimum atomic E-state index is -0.261. The van der Waals surface area contributed by atoms with Gasteiger partial charge in [0, 0.05) is 10.6 Å². The second-order valence-electron chi connectivity index (χ2n) is 6.01. The normalized spacial score (nSPS) is 17.3. The number of fused-ring (bicyclic) bond motifs is 3. The number of hydrogen-bond acceptors (Lipinski definition) is 4. The highest BCUT2D eigenvalue weighted by molar-refractivity contribution is 7.19. The molecule has 0 saturated carbocycles. The molecular weight excluding hydrogens is 333 g/mol. The van der Waals surface area contributed by atoms with Gasteiger partial charge in [-0.25, -0.2) is 9.37 Å². The van der Waals surface area contributed by atoms with Gasteiger partial charge < -0.3 is 5.32 Å². The van der Waals surface area contributed by atoms with Crippen LogP contribution in [0.25, 0.3) is 10.2 Å². The second-order valence-corrected chi connectivity index (χ2v) is 7.43. The molecule has 1 N–H and O–H groups in total. The highest BCUT2D eigenvalue weighted by Gasteiger charge is 2.23. The molecule has 3 aromatic rings. The molecule has 4 rings (SSSR count). The van der Waals surface area contributed by atoms with Crippen LogP contribution in [-0.4, -0.2) is 9.97 Å². The summed E-state index contributed by atoms with van der Waals surface area (Å²) in [7, 11) is 0. The molecule has 1 aromatic carbocycles. The molecule has 0 spiro atoms. The van der Waals surface area contributed by atoms with Crippen LogP contribution in [-0.2, 0) is 12.8 Å². The number of aromatic nitrogens is 2. The van der Waals surface area contributed by atoms with Crippen molar-refractivity contribution in [3.63, 3.8) is 0 Å². The summed E-state index contributed by atoms with van der Waals surface area (Å²) in [6.45, 7) is 2.28. The zero-order valence-corrected chi connectivity index (χ0v) is 14.1. The van der Waals surface area contributed by atoms with E-state index in [1.807, 2.05) is 0 Å². The summed E-state index contributed by atoms with van der Waals surface area (Å²) in [6, 6.07) is 6.23. The van der Waals surface area contributed by atoms with Crippen molar-refractivity contribution >= 4 is 44.7 Å². The number of rotatable bonds is 2. The van der Waals surface area contributed by atoms with Crippen LogP contribution >= 0.6 is 22.9 Å². The maximum Gasteiger partial charge on any atom is 0.225 e. The van der Waals surface area contributed by atoms with Gasteiger partial charge in [0.15, 0.2) is 0 Å². The van der Waals surface area contributed by atoms with Gasteiger partial charge in [0.25, 0.3) is 0 Å². The Morgan fingerprint density at radius 2 is 2.04 bits per heavy atom. The Bertz CT molecular complexity index is 876. The Labute approximate surface area is 142 Å². The largest absolute Gasteiger partial charge is 0.340 e. The van der Waals surface area contributed by atoms with E-state index >= 15 is 0 Å². The molecule has 1 atom stereocenters. The van der Waals surface area contributed by atoms with E-state index in [4.69, 9.17) is 11.6 Å². The number of aryl methyl sites for hydroxylation is 1. The van der Waals surface area contributed by atoms with E-state index in [-0.39, 0.29) is 11.1 Å². The first-order valence-corrected chi connectivity index (χ1v) is 8.80. The van der Waals surface area contributed by atoms with Crippen molar-refractivity contribution in [3.05, 3.63) is 45.8 Å². The number of nitrogens with one attached hydrogen (secondary N) is 1. The van der Waals surface area contributed by atoms with Crippen LogP contribution in [0.2, 0.25) is 5.28 Å². The first-order valence-electron chi connectivity index (χ1n) is 7.60. The molecule has 1 unspecified atom stereocenters. The zero-order chi connectivity index (χ0) is 16.0. The monoisotopic (exact) mass is 347 g/mol. The number of hydrogen-bond donors (Lipinski definition) is 1. The van der Waals surface area contributed by atoms with Crippen LogP contribution in [0, 0.1) is 11.7 Å². The molecule has 0 radical (unpaired) electrons. The standard InChI is InChI=1S/C17H15ClFN3S/c1-9-2-7-12-13(8-9)23-16-14(12)15(21-17(18)22-16)20-11-5-3-10(19)4-6-11/h3-6,9H,2,7-8H2,1H3,(H,20,21,22). The molecule has 1 aliphatic rings. The summed E-state index contributed by atoms with van der Waals surface area (Å²) in [6.07, 6.45) is 3.31. The summed E-state index contributed by atoms with van der Waals surface area (Å²) in [5.74, 6) is 1.15. The van der Waals surface area contributed by atoms with Crippen molar-refractivity contribution in [2.24, 2.45) is 5.92 Å². The van der Waals surface area contributed by atoms with Crippen molar-refractivity contribution in [1.29, 1.82) is 0 Å². The lowest BCUT2D eigenvalue weighted by Gasteiger charge is -2.18. The van der Waals surface area contributed by atoms with Crippen LogP contribution in [0.15, 0.2) is 24.3 Å². The fraction of sp³-hybridized carbons (Fsp3) is 0.294. The van der Waals surface area contributed by atoms with E-state index < -0.39 is 0 Å². The first-order chi connectivity index (χ1) is 11.1. The highest BCUT2D eigenvalue weighted by Crippen LogP contribution is 2.41. The minimum Gasteiger partial charge on any atom is -0.340 e. The molecule has 2 heterocycles. The number of thiophene rings is 1. The van der Waals surface area contributed by atoms with E-state index in [1.165, 1.54) is 29.0 Å². The van der Waals surface area contributed by atoms with Crippen LogP contribution in [0.3, 0.4) is 0 Å². The van der Waals surface area contributed by atoms with Crippen LogP contribution in [0.5, 0.6) is 0 Å². The predicted octanol–water partition coefficient (Wildman–Crippen LogP) is 5.35. The lowest BCUT2D eigenvalue weighted by molar-refractivity contribution is 0.509. The maximum absolute atomic E-state index is 13.1. The van der Waals surface area contributed by atoms with Crippen molar-refractivity contribution in [2.75, 3.05) is 5.32 Å². The quantitative estimate of drug-likeness (QED) is 0.635. The number of halogens is 2. The fourth-order valence-corrected chi connectivity index (χ4v) is 4.68. The number of nitrogens with zero attached hydrogens (tertiary/aromatic N) is 2. The third-order valence-corrected chi connectivity index (χ3v) is 5.55. The molecule has 0 aliphatic heterocycles. The van der Waals surface area contributed by atoms with Crippen molar-refractivity contribution in [2.45, 2.75) is 26.2 Å². The van der Waals surface area contributed by atoms with Gasteiger partial charge in [-0.1, -0.05) is 6.92 Å². The molecule has 0 saturated heterocycles. The van der Waals surface area contributed by atoms with E-state index in [0.29, 0.717) is 11.7 Å². The Balaban J connectivity index is 1.83. The molecule has 3 nitrogen and oxygen atoms in total. The van der Waals surface area contributed by atoms with E-state index in [2.05, 4.69) is 22.2 Å². The van der Waals surface area contributed by atoms with Crippen LogP contribution < -0.4 is 5.32 Å². The van der Waals surface area contributed by atoms with Crippen molar-refractivity contribution in [1.82, 2.24) is 9.97 Å². The van der Waals surface area contributed by atoms with Gasteiger partial charge in [0.05, 0.1) is 5.39 Å². The summed E-state index contributed by atoms with van der Waals surface area (Å²) in [5, 5.41) is 4.56. The molecule has 0 bridgehead atoms.